The van der Waals surface area contributed by atoms with Crippen LogP contribution in [0.5, 0.6) is 0 Å². The number of hydrazine groups is 1. The number of ether oxygens (including phenoxy) is 6. The Hall–Kier alpha value is -2.87. The number of fused-ring (bicyclic) bond motifs is 1. The second-order valence-electron chi connectivity index (χ2n) is 10.2. The van der Waals surface area contributed by atoms with E-state index in [4.69, 9.17) is 28.4 Å². The van der Waals surface area contributed by atoms with Crippen molar-refractivity contribution in [2.45, 2.75) is 82.9 Å². The van der Waals surface area contributed by atoms with E-state index in [-0.39, 0.29) is 13.2 Å². The van der Waals surface area contributed by atoms with Crippen LogP contribution in [0.25, 0.3) is 6.08 Å². The number of amides is 3. The highest BCUT2D eigenvalue weighted by atomic mass is 16.8. The lowest BCUT2D eigenvalue weighted by Crippen LogP contribution is -2.52. The van der Waals surface area contributed by atoms with E-state index in [1.807, 2.05) is 30.3 Å². The van der Waals surface area contributed by atoms with Gasteiger partial charge in [-0.15, -0.1) is 0 Å². The van der Waals surface area contributed by atoms with Crippen LogP contribution in [0.4, 0.5) is 0 Å². The summed E-state index contributed by atoms with van der Waals surface area (Å²) in [6, 6.07) is 8.29. The maximum absolute atomic E-state index is 12.6. The Morgan fingerprint density at radius 3 is 2.45 bits per heavy atom. The zero-order valence-electron chi connectivity index (χ0n) is 22.1. The van der Waals surface area contributed by atoms with Crippen LogP contribution in [-0.2, 0) is 42.8 Å². The highest BCUT2D eigenvalue weighted by molar-refractivity contribution is 5.94. The average molecular weight is 534 g/mol. The molecule has 208 valence electrons. The van der Waals surface area contributed by atoms with Crippen molar-refractivity contribution in [3.05, 3.63) is 42.0 Å². The summed E-state index contributed by atoms with van der Waals surface area (Å²) in [4.78, 5) is 36.9. The van der Waals surface area contributed by atoms with E-state index >= 15 is 0 Å². The molecule has 0 aromatic heterocycles. The van der Waals surface area contributed by atoms with Crippen LogP contribution in [0.1, 0.15) is 40.2 Å². The summed E-state index contributed by atoms with van der Waals surface area (Å²) in [5.41, 5.74) is 5.40. The Kier molecular flexibility index (Phi) is 8.50. The topological polar surface area (TPSA) is 143 Å². The summed E-state index contributed by atoms with van der Waals surface area (Å²) in [5, 5.41) is 2.54. The summed E-state index contributed by atoms with van der Waals surface area (Å²) in [6.07, 6.45) is -0.0576. The number of nitrogens with one attached hydrogen (secondary N) is 3. The van der Waals surface area contributed by atoms with E-state index in [0.717, 1.165) is 5.56 Å². The van der Waals surface area contributed by atoms with Crippen molar-refractivity contribution in [3.8, 4) is 0 Å². The van der Waals surface area contributed by atoms with Crippen molar-refractivity contribution < 1.29 is 42.8 Å². The number of hydrogen-bond donors (Lipinski definition) is 3. The largest absolute Gasteiger partial charge is 0.363 e. The molecule has 12 nitrogen and oxygen atoms in total. The molecule has 1 aromatic carbocycles. The third kappa shape index (κ3) is 7.16. The van der Waals surface area contributed by atoms with Crippen LogP contribution in [-0.4, -0.2) is 79.3 Å². The lowest BCUT2D eigenvalue weighted by molar-refractivity contribution is -0.235. The Bertz CT molecular complexity index is 1050. The summed E-state index contributed by atoms with van der Waals surface area (Å²) in [7, 11) is 0. The minimum absolute atomic E-state index is 0.288. The van der Waals surface area contributed by atoms with Gasteiger partial charge in [-0.3, -0.25) is 25.2 Å². The van der Waals surface area contributed by atoms with Crippen LogP contribution >= 0.6 is 0 Å². The van der Waals surface area contributed by atoms with Crippen LogP contribution in [0.2, 0.25) is 0 Å². The molecule has 3 fully saturated rings. The zero-order valence-corrected chi connectivity index (χ0v) is 22.1. The van der Waals surface area contributed by atoms with Gasteiger partial charge in [0.15, 0.2) is 17.9 Å². The molecule has 38 heavy (non-hydrogen) atoms. The van der Waals surface area contributed by atoms with Gasteiger partial charge in [-0.2, -0.15) is 0 Å². The van der Waals surface area contributed by atoms with Gasteiger partial charge in [0.25, 0.3) is 11.8 Å². The molecular weight excluding hydrogens is 498 g/mol. The van der Waals surface area contributed by atoms with Gasteiger partial charge in [-0.1, -0.05) is 30.3 Å². The molecule has 6 atom stereocenters. The van der Waals surface area contributed by atoms with Crippen LogP contribution in [0.15, 0.2) is 36.4 Å². The molecule has 3 aliphatic heterocycles. The second kappa shape index (κ2) is 11.5. The molecule has 4 rings (SSSR count). The molecule has 12 heteroatoms. The van der Waals surface area contributed by atoms with E-state index < -0.39 is 66.0 Å². The third-order valence-corrected chi connectivity index (χ3v) is 6.14. The SMILES string of the molecule is C[C@@H](NC(=O)CO[C@H]1[C@H]2OC(C)(C)O[C@@H]2O[C@@H]1[C@@H]1COC(C)(C)O1)C(=O)NNC(=O)C=Cc1ccccc1. The van der Waals surface area contributed by atoms with Gasteiger partial charge in [0, 0.05) is 6.08 Å². The van der Waals surface area contributed by atoms with E-state index in [0.29, 0.717) is 0 Å². The van der Waals surface area contributed by atoms with Crippen molar-refractivity contribution in [2.75, 3.05) is 13.2 Å². The maximum Gasteiger partial charge on any atom is 0.262 e. The first-order valence-corrected chi connectivity index (χ1v) is 12.5. The van der Waals surface area contributed by atoms with E-state index in [1.54, 1.807) is 33.8 Å². The van der Waals surface area contributed by atoms with E-state index in [1.165, 1.54) is 13.0 Å². The fourth-order valence-electron chi connectivity index (χ4n) is 4.40. The second-order valence-corrected chi connectivity index (χ2v) is 10.2. The van der Waals surface area contributed by atoms with Crippen molar-refractivity contribution in [2.24, 2.45) is 0 Å². The predicted molar refractivity (Wildman–Crippen MR) is 133 cm³/mol. The summed E-state index contributed by atoms with van der Waals surface area (Å²) in [6.45, 7) is 8.55. The number of rotatable bonds is 8. The zero-order chi connectivity index (χ0) is 27.5. The molecule has 3 heterocycles. The predicted octanol–water partition coefficient (Wildman–Crippen LogP) is 0.765. The lowest BCUT2D eigenvalue weighted by atomic mass is 10.1. The standard InChI is InChI=1S/C26H35N3O9/c1-15(23(32)29-28-18(30)12-11-16-9-7-6-8-10-16)27-19(31)14-33-21-20(17-13-34-25(2,3)36-17)35-24-22(21)37-26(4,5)38-24/h6-12,15,17,20-22,24H,13-14H2,1-5H3,(H,27,31)(H,28,30)(H,29,32)/t15-,17+,20-,21-,22-,24+/m1/s1. The third-order valence-electron chi connectivity index (χ3n) is 6.14. The molecule has 3 amide bonds. The maximum atomic E-state index is 12.6. The number of hydrogen-bond acceptors (Lipinski definition) is 9. The molecule has 3 N–H and O–H groups in total. The first kappa shape index (κ1) is 28.1. The van der Waals surface area contributed by atoms with Gasteiger partial charge in [0.2, 0.25) is 5.91 Å². The molecule has 0 bridgehead atoms. The Morgan fingerprint density at radius 1 is 1.03 bits per heavy atom. The highest BCUT2D eigenvalue weighted by Gasteiger charge is 2.59. The number of carbonyl (C=O) groups is 3. The van der Waals surface area contributed by atoms with Crippen LogP contribution < -0.4 is 16.2 Å². The fraction of sp³-hybridized carbons (Fsp3) is 0.577. The van der Waals surface area contributed by atoms with E-state index in [9.17, 15) is 14.4 Å². The van der Waals surface area contributed by atoms with Crippen molar-refractivity contribution in [1.29, 1.82) is 0 Å². The molecular formula is C26H35N3O9. The molecule has 0 spiro atoms. The lowest BCUT2D eigenvalue weighted by Gasteiger charge is -2.29. The molecule has 0 radical (unpaired) electrons. The summed E-state index contributed by atoms with van der Waals surface area (Å²) >= 11 is 0. The fourth-order valence-corrected chi connectivity index (χ4v) is 4.40. The Balaban J connectivity index is 1.25. The molecule has 3 saturated heterocycles. The number of carbonyl (C=O) groups excluding carboxylic acids is 3. The smallest absolute Gasteiger partial charge is 0.262 e. The van der Waals surface area contributed by atoms with Crippen LogP contribution in [0.3, 0.4) is 0 Å². The molecule has 3 aliphatic rings. The van der Waals surface area contributed by atoms with Gasteiger partial charge in [-0.05, 0) is 46.3 Å². The van der Waals surface area contributed by atoms with Crippen molar-refractivity contribution in [3.63, 3.8) is 0 Å². The minimum atomic E-state index is -0.940. The summed E-state index contributed by atoms with van der Waals surface area (Å²) < 4.78 is 35.4. The minimum Gasteiger partial charge on any atom is -0.363 e. The molecule has 0 aliphatic carbocycles. The molecule has 0 saturated carbocycles. The first-order chi connectivity index (χ1) is 17.9. The monoisotopic (exact) mass is 533 g/mol. The van der Waals surface area contributed by atoms with E-state index in [2.05, 4.69) is 16.2 Å². The van der Waals surface area contributed by atoms with Crippen molar-refractivity contribution in [1.82, 2.24) is 16.2 Å². The van der Waals surface area contributed by atoms with Gasteiger partial charge in [-0.25, -0.2) is 0 Å². The first-order valence-electron chi connectivity index (χ1n) is 12.5. The van der Waals surface area contributed by atoms with Gasteiger partial charge >= 0.3 is 0 Å². The highest BCUT2D eigenvalue weighted by Crippen LogP contribution is 2.41. The molecule has 1 aromatic rings. The normalized spacial score (nSPS) is 30.1. The molecule has 0 unspecified atom stereocenters. The van der Waals surface area contributed by atoms with Crippen molar-refractivity contribution >= 4 is 23.8 Å². The van der Waals surface area contributed by atoms with Gasteiger partial charge in [0.1, 0.15) is 37.1 Å². The summed E-state index contributed by atoms with van der Waals surface area (Å²) in [5.74, 6) is -3.30. The van der Waals surface area contributed by atoms with Gasteiger partial charge < -0.3 is 33.7 Å². The number of benzene rings is 1. The average Bonchev–Trinajstić information content (AvgIpc) is 3.48. The van der Waals surface area contributed by atoms with Crippen LogP contribution in [0, 0.1) is 0 Å². The Labute approximate surface area is 221 Å². The quantitative estimate of drug-likeness (QED) is 0.326. The van der Waals surface area contributed by atoms with Gasteiger partial charge in [0.05, 0.1) is 6.61 Å². The Morgan fingerprint density at radius 2 is 1.76 bits per heavy atom.